The minimum Gasteiger partial charge on any atom is -0.352 e. The third-order valence-corrected chi connectivity index (χ3v) is 5.71. The number of hydrogen-bond donors (Lipinski definition) is 3. The molecule has 0 spiro atoms. The van der Waals surface area contributed by atoms with Crippen LogP contribution in [0.2, 0.25) is 5.02 Å². The molecule has 3 N–H and O–H groups in total. The SMILES string of the molecule is O=C(CCCNC(=O)c1ccc(Cl)cc1)Nc1ccc(F)c(NC(=O)C2CCCCC2)c1. The van der Waals surface area contributed by atoms with Crippen LogP contribution in [0.25, 0.3) is 0 Å². The average molecular weight is 460 g/mol. The molecule has 0 bridgehead atoms. The zero-order chi connectivity index (χ0) is 22.9. The number of halogens is 2. The topological polar surface area (TPSA) is 87.3 Å². The highest BCUT2D eigenvalue weighted by Gasteiger charge is 2.22. The second-order valence-electron chi connectivity index (χ2n) is 7.93. The van der Waals surface area contributed by atoms with Crippen molar-refractivity contribution in [2.24, 2.45) is 5.92 Å². The van der Waals surface area contributed by atoms with Crippen molar-refractivity contribution >= 4 is 40.7 Å². The van der Waals surface area contributed by atoms with E-state index in [9.17, 15) is 18.8 Å². The van der Waals surface area contributed by atoms with Gasteiger partial charge in [0.2, 0.25) is 11.8 Å². The number of rotatable bonds is 8. The lowest BCUT2D eigenvalue weighted by Crippen LogP contribution is -2.25. The van der Waals surface area contributed by atoms with Crippen LogP contribution in [-0.2, 0) is 9.59 Å². The van der Waals surface area contributed by atoms with Crippen molar-refractivity contribution in [1.82, 2.24) is 5.32 Å². The van der Waals surface area contributed by atoms with Gasteiger partial charge in [-0.2, -0.15) is 0 Å². The van der Waals surface area contributed by atoms with Gasteiger partial charge in [0, 0.05) is 35.2 Å². The van der Waals surface area contributed by atoms with E-state index in [2.05, 4.69) is 16.0 Å². The van der Waals surface area contributed by atoms with Crippen molar-refractivity contribution in [3.63, 3.8) is 0 Å². The average Bonchev–Trinajstić information content (AvgIpc) is 2.80. The summed E-state index contributed by atoms with van der Waals surface area (Å²) in [5, 5.41) is 8.66. The van der Waals surface area contributed by atoms with E-state index < -0.39 is 5.82 Å². The van der Waals surface area contributed by atoms with Crippen molar-refractivity contribution in [3.8, 4) is 0 Å². The van der Waals surface area contributed by atoms with Crippen LogP contribution in [0.4, 0.5) is 15.8 Å². The first kappa shape index (κ1) is 23.7. The standard InChI is InChI=1S/C24H27ClFN3O3/c25-18-10-8-17(9-11-18)23(31)27-14-4-7-22(30)28-19-12-13-20(26)21(15-19)29-24(32)16-5-2-1-3-6-16/h8-13,15-16H,1-7,14H2,(H,27,31)(H,28,30)(H,29,32). The Bertz CT molecular complexity index is 959. The minimum absolute atomic E-state index is 0.0635. The van der Waals surface area contributed by atoms with Crippen molar-refractivity contribution in [3.05, 3.63) is 58.9 Å². The van der Waals surface area contributed by atoms with Gasteiger partial charge >= 0.3 is 0 Å². The molecule has 1 aliphatic rings. The lowest BCUT2D eigenvalue weighted by atomic mass is 9.88. The number of carbonyl (C=O) groups is 3. The Labute approximate surface area is 191 Å². The number of carbonyl (C=O) groups excluding carboxylic acids is 3. The highest BCUT2D eigenvalue weighted by molar-refractivity contribution is 6.30. The van der Waals surface area contributed by atoms with Crippen LogP contribution < -0.4 is 16.0 Å². The van der Waals surface area contributed by atoms with E-state index in [1.54, 1.807) is 24.3 Å². The van der Waals surface area contributed by atoms with Crippen molar-refractivity contribution in [2.45, 2.75) is 44.9 Å². The van der Waals surface area contributed by atoms with Gasteiger partial charge in [-0.1, -0.05) is 30.9 Å². The first-order chi connectivity index (χ1) is 15.4. The zero-order valence-electron chi connectivity index (χ0n) is 17.8. The number of amides is 3. The fourth-order valence-electron chi connectivity index (χ4n) is 3.68. The number of nitrogens with one attached hydrogen (secondary N) is 3. The monoisotopic (exact) mass is 459 g/mol. The quantitative estimate of drug-likeness (QED) is 0.477. The first-order valence-corrected chi connectivity index (χ1v) is 11.2. The molecule has 6 nitrogen and oxygen atoms in total. The maximum absolute atomic E-state index is 14.1. The van der Waals surface area contributed by atoms with Crippen LogP contribution in [0.15, 0.2) is 42.5 Å². The lowest BCUT2D eigenvalue weighted by Gasteiger charge is -2.21. The lowest BCUT2D eigenvalue weighted by molar-refractivity contribution is -0.120. The molecule has 0 radical (unpaired) electrons. The molecule has 0 unspecified atom stereocenters. The summed E-state index contributed by atoms with van der Waals surface area (Å²) in [5.41, 5.74) is 0.960. The van der Waals surface area contributed by atoms with E-state index in [4.69, 9.17) is 11.6 Å². The third kappa shape index (κ3) is 7.05. The maximum atomic E-state index is 14.1. The summed E-state index contributed by atoms with van der Waals surface area (Å²) in [6, 6.07) is 10.6. The highest BCUT2D eigenvalue weighted by Crippen LogP contribution is 2.26. The summed E-state index contributed by atoms with van der Waals surface area (Å²) in [6.07, 6.45) is 5.41. The summed E-state index contributed by atoms with van der Waals surface area (Å²) in [4.78, 5) is 36.6. The molecule has 170 valence electrons. The molecule has 2 aromatic rings. The van der Waals surface area contributed by atoms with E-state index in [1.165, 1.54) is 18.2 Å². The van der Waals surface area contributed by atoms with Gasteiger partial charge in [-0.15, -0.1) is 0 Å². The van der Waals surface area contributed by atoms with Gasteiger partial charge in [0.1, 0.15) is 5.82 Å². The largest absolute Gasteiger partial charge is 0.352 e. The molecule has 32 heavy (non-hydrogen) atoms. The van der Waals surface area contributed by atoms with E-state index in [0.29, 0.717) is 29.2 Å². The molecule has 0 aromatic heterocycles. The minimum atomic E-state index is -0.544. The summed E-state index contributed by atoms with van der Waals surface area (Å²) >= 11 is 5.81. The molecule has 8 heteroatoms. The highest BCUT2D eigenvalue weighted by atomic mass is 35.5. The molecule has 0 atom stereocenters. The van der Waals surface area contributed by atoms with Crippen LogP contribution in [0.1, 0.15) is 55.3 Å². The molecule has 1 aliphatic carbocycles. The number of benzene rings is 2. The molecule has 1 saturated carbocycles. The second kappa shape index (κ2) is 11.6. The Hall–Kier alpha value is -2.93. The smallest absolute Gasteiger partial charge is 0.251 e. The predicted molar refractivity (Wildman–Crippen MR) is 123 cm³/mol. The van der Waals surface area contributed by atoms with Crippen LogP contribution in [0.3, 0.4) is 0 Å². The number of hydrogen-bond acceptors (Lipinski definition) is 3. The van der Waals surface area contributed by atoms with Gasteiger partial charge in [0.05, 0.1) is 5.69 Å². The third-order valence-electron chi connectivity index (χ3n) is 5.46. The van der Waals surface area contributed by atoms with Gasteiger partial charge in [0.25, 0.3) is 5.91 Å². The van der Waals surface area contributed by atoms with Gasteiger partial charge in [-0.25, -0.2) is 4.39 Å². The van der Waals surface area contributed by atoms with Gasteiger partial charge < -0.3 is 16.0 Å². The Morgan fingerprint density at radius 2 is 1.69 bits per heavy atom. The van der Waals surface area contributed by atoms with Crippen LogP contribution in [0, 0.1) is 11.7 Å². The van der Waals surface area contributed by atoms with Gasteiger partial charge in [0.15, 0.2) is 0 Å². The summed E-state index contributed by atoms with van der Waals surface area (Å²) < 4.78 is 14.1. The fraction of sp³-hybridized carbons (Fsp3) is 0.375. The van der Waals surface area contributed by atoms with Crippen LogP contribution in [-0.4, -0.2) is 24.3 Å². The predicted octanol–water partition coefficient (Wildman–Crippen LogP) is 5.15. The van der Waals surface area contributed by atoms with Crippen molar-refractivity contribution < 1.29 is 18.8 Å². The Balaban J connectivity index is 1.44. The van der Waals surface area contributed by atoms with Crippen LogP contribution in [0.5, 0.6) is 0 Å². The first-order valence-electron chi connectivity index (χ1n) is 10.9. The maximum Gasteiger partial charge on any atom is 0.251 e. The summed E-state index contributed by atoms with van der Waals surface area (Å²) in [6.45, 7) is 0.334. The second-order valence-corrected chi connectivity index (χ2v) is 8.37. The van der Waals surface area contributed by atoms with E-state index >= 15 is 0 Å². The van der Waals surface area contributed by atoms with Crippen molar-refractivity contribution in [2.75, 3.05) is 17.2 Å². The summed E-state index contributed by atoms with van der Waals surface area (Å²) in [7, 11) is 0. The van der Waals surface area contributed by atoms with Crippen molar-refractivity contribution in [1.29, 1.82) is 0 Å². The van der Waals surface area contributed by atoms with Gasteiger partial charge in [-0.05, 0) is 61.7 Å². The fourth-order valence-corrected chi connectivity index (χ4v) is 3.80. The summed E-state index contributed by atoms with van der Waals surface area (Å²) in [5.74, 6) is -1.31. The van der Waals surface area contributed by atoms with Gasteiger partial charge in [-0.3, -0.25) is 14.4 Å². The normalized spacial score (nSPS) is 13.9. The molecule has 2 aromatic carbocycles. The molecule has 3 rings (SSSR count). The molecular formula is C24H27ClFN3O3. The Kier molecular flexibility index (Phi) is 8.62. The Morgan fingerprint density at radius 3 is 2.41 bits per heavy atom. The van der Waals surface area contributed by atoms with E-state index in [-0.39, 0.29) is 35.7 Å². The van der Waals surface area contributed by atoms with E-state index in [1.807, 2.05) is 0 Å². The molecule has 1 fully saturated rings. The molecule has 0 aliphatic heterocycles. The molecule has 0 saturated heterocycles. The molecular weight excluding hydrogens is 433 g/mol. The molecule has 3 amide bonds. The van der Waals surface area contributed by atoms with Crippen LogP contribution >= 0.6 is 11.6 Å². The number of anilines is 2. The molecule has 0 heterocycles. The zero-order valence-corrected chi connectivity index (χ0v) is 18.5. The Morgan fingerprint density at radius 1 is 0.969 bits per heavy atom. The van der Waals surface area contributed by atoms with E-state index in [0.717, 1.165) is 32.1 Å².